The van der Waals surface area contributed by atoms with E-state index in [1.807, 2.05) is 32.9 Å². The fraction of sp³-hybridized carbons (Fsp3) is 0.318. The number of esters is 1. The number of thioether (sulfide) groups is 1. The van der Waals surface area contributed by atoms with Crippen molar-refractivity contribution in [3.05, 3.63) is 65.2 Å². The SMILES string of the molecule is CCc1ccc(C(=O)COC(=O)c2ccccc2SCC(=O)NC(C)C)cc1. The lowest BCUT2D eigenvalue weighted by atomic mass is 10.1. The van der Waals surface area contributed by atoms with Gasteiger partial charge in [-0.2, -0.15) is 0 Å². The van der Waals surface area contributed by atoms with E-state index in [0.717, 1.165) is 12.0 Å². The molecule has 1 N–H and O–H groups in total. The number of rotatable bonds is 9. The van der Waals surface area contributed by atoms with Gasteiger partial charge in [-0.1, -0.05) is 43.3 Å². The van der Waals surface area contributed by atoms with Crippen molar-refractivity contribution in [2.45, 2.75) is 38.1 Å². The normalized spacial score (nSPS) is 10.6. The predicted molar refractivity (Wildman–Crippen MR) is 111 cm³/mol. The van der Waals surface area contributed by atoms with Gasteiger partial charge >= 0.3 is 5.97 Å². The van der Waals surface area contributed by atoms with Crippen molar-refractivity contribution in [2.75, 3.05) is 12.4 Å². The van der Waals surface area contributed by atoms with Crippen LogP contribution in [-0.4, -0.2) is 36.1 Å². The van der Waals surface area contributed by atoms with Gasteiger partial charge in [0.05, 0.1) is 11.3 Å². The van der Waals surface area contributed by atoms with Gasteiger partial charge in [-0.3, -0.25) is 9.59 Å². The summed E-state index contributed by atoms with van der Waals surface area (Å²) in [6.45, 7) is 5.50. The molecule has 0 radical (unpaired) electrons. The fourth-order valence-corrected chi connectivity index (χ4v) is 3.34. The maximum absolute atomic E-state index is 12.4. The van der Waals surface area contributed by atoms with Gasteiger partial charge in [-0.05, 0) is 38.0 Å². The summed E-state index contributed by atoms with van der Waals surface area (Å²) in [4.78, 5) is 37.2. The number of ether oxygens (including phenoxy) is 1. The Morgan fingerprint density at radius 2 is 1.71 bits per heavy atom. The van der Waals surface area contributed by atoms with Crippen molar-refractivity contribution in [2.24, 2.45) is 0 Å². The van der Waals surface area contributed by atoms with Crippen molar-refractivity contribution in [1.82, 2.24) is 5.32 Å². The number of amides is 1. The summed E-state index contributed by atoms with van der Waals surface area (Å²) >= 11 is 1.26. The Morgan fingerprint density at radius 3 is 2.36 bits per heavy atom. The molecule has 0 spiro atoms. The first-order valence-electron chi connectivity index (χ1n) is 9.21. The number of hydrogen-bond acceptors (Lipinski definition) is 5. The Morgan fingerprint density at radius 1 is 1.04 bits per heavy atom. The first-order valence-corrected chi connectivity index (χ1v) is 10.2. The van der Waals surface area contributed by atoms with Gasteiger partial charge in [0, 0.05) is 16.5 Å². The average molecular weight is 400 g/mol. The number of carbonyl (C=O) groups is 3. The highest BCUT2D eigenvalue weighted by atomic mass is 32.2. The topological polar surface area (TPSA) is 72.5 Å². The van der Waals surface area contributed by atoms with Crippen LogP contribution >= 0.6 is 11.8 Å². The first kappa shape index (κ1) is 21.7. The molecule has 6 heteroatoms. The average Bonchev–Trinajstić information content (AvgIpc) is 2.70. The van der Waals surface area contributed by atoms with Crippen molar-refractivity contribution < 1.29 is 19.1 Å². The van der Waals surface area contributed by atoms with E-state index in [0.29, 0.717) is 16.0 Å². The molecular formula is C22H25NO4S. The number of Topliss-reactive ketones (excluding diaryl/α,β-unsaturated/α-hetero) is 1. The van der Waals surface area contributed by atoms with Crippen LogP contribution in [-0.2, 0) is 16.0 Å². The van der Waals surface area contributed by atoms with E-state index in [2.05, 4.69) is 5.32 Å². The molecule has 0 aliphatic rings. The van der Waals surface area contributed by atoms with Gasteiger partial charge in [0.1, 0.15) is 0 Å². The summed E-state index contributed by atoms with van der Waals surface area (Å²) in [5.74, 6) is -0.734. The molecule has 5 nitrogen and oxygen atoms in total. The van der Waals surface area contributed by atoms with E-state index in [1.165, 1.54) is 11.8 Å². The molecule has 0 aliphatic heterocycles. The number of benzene rings is 2. The molecule has 0 bridgehead atoms. The van der Waals surface area contributed by atoms with Gasteiger partial charge < -0.3 is 10.1 Å². The van der Waals surface area contributed by atoms with Gasteiger partial charge in [0.25, 0.3) is 0 Å². The molecular weight excluding hydrogens is 374 g/mol. The van der Waals surface area contributed by atoms with E-state index in [-0.39, 0.29) is 30.1 Å². The molecule has 0 atom stereocenters. The molecule has 148 valence electrons. The molecule has 0 aliphatic carbocycles. The third kappa shape index (κ3) is 6.53. The minimum absolute atomic E-state index is 0.0608. The van der Waals surface area contributed by atoms with Crippen LogP contribution in [0, 0.1) is 0 Å². The zero-order valence-corrected chi connectivity index (χ0v) is 17.2. The largest absolute Gasteiger partial charge is 0.454 e. The Hall–Kier alpha value is -2.60. The number of ketones is 1. The van der Waals surface area contributed by atoms with E-state index >= 15 is 0 Å². The van der Waals surface area contributed by atoms with Crippen molar-refractivity contribution in [3.63, 3.8) is 0 Å². The van der Waals surface area contributed by atoms with Gasteiger partial charge in [-0.15, -0.1) is 11.8 Å². The molecule has 0 unspecified atom stereocenters. The number of carbonyl (C=O) groups excluding carboxylic acids is 3. The molecule has 28 heavy (non-hydrogen) atoms. The van der Waals surface area contributed by atoms with Gasteiger partial charge in [-0.25, -0.2) is 4.79 Å². The van der Waals surface area contributed by atoms with Crippen LogP contribution in [0.5, 0.6) is 0 Å². The van der Waals surface area contributed by atoms with E-state index in [1.54, 1.807) is 36.4 Å². The molecule has 2 aromatic rings. The number of nitrogens with one attached hydrogen (secondary N) is 1. The Labute approximate surface area is 169 Å². The van der Waals surface area contributed by atoms with Gasteiger partial charge in [0.2, 0.25) is 5.91 Å². The summed E-state index contributed by atoms with van der Waals surface area (Å²) in [5.41, 5.74) is 2.00. The molecule has 2 aromatic carbocycles. The maximum atomic E-state index is 12.4. The molecule has 0 heterocycles. The summed E-state index contributed by atoms with van der Waals surface area (Å²) in [6.07, 6.45) is 0.896. The molecule has 0 saturated carbocycles. The third-order valence-corrected chi connectivity index (χ3v) is 5.01. The van der Waals surface area contributed by atoms with Crippen LogP contribution in [0.15, 0.2) is 53.4 Å². The van der Waals surface area contributed by atoms with E-state index < -0.39 is 5.97 Å². The van der Waals surface area contributed by atoms with Crippen molar-refractivity contribution >= 4 is 29.4 Å². The highest BCUT2D eigenvalue weighted by Crippen LogP contribution is 2.23. The van der Waals surface area contributed by atoms with Crippen molar-refractivity contribution in [3.8, 4) is 0 Å². The number of aryl methyl sites for hydroxylation is 1. The fourth-order valence-electron chi connectivity index (χ4n) is 2.49. The highest BCUT2D eigenvalue weighted by Gasteiger charge is 2.16. The second-order valence-electron chi connectivity index (χ2n) is 6.56. The second kappa shape index (κ2) is 10.7. The first-order chi connectivity index (χ1) is 13.4. The van der Waals surface area contributed by atoms with Crippen LogP contribution in [0.4, 0.5) is 0 Å². The van der Waals surface area contributed by atoms with Gasteiger partial charge in [0.15, 0.2) is 12.4 Å². The van der Waals surface area contributed by atoms with Crippen LogP contribution in [0.1, 0.15) is 47.1 Å². The van der Waals surface area contributed by atoms with Crippen LogP contribution in [0.2, 0.25) is 0 Å². The Bertz CT molecular complexity index is 831. The summed E-state index contributed by atoms with van der Waals surface area (Å²) < 4.78 is 5.21. The smallest absolute Gasteiger partial charge is 0.339 e. The monoisotopic (exact) mass is 399 g/mol. The quantitative estimate of drug-likeness (QED) is 0.393. The molecule has 2 rings (SSSR count). The molecule has 0 saturated heterocycles. The van der Waals surface area contributed by atoms with E-state index in [9.17, 15) is 14.4 Å². The lowest BCUT2D eigenvalue weighted by Crippen LogP contribution is -2.31. The minimum Gasteiger partial charge on any atom is -0.454 e. The zero-order chi connectivity index (χ0) is 20.5. The minimum atomic E-state index is -0.578. The van der Waals surface area contributed by atoms with Crippen molar-refractivity contribution in [1.29, 1.82) is 0 Å². The summed E-state index contributed by atoms with van der Waals surface area (Å²) in [6, 6.07) is 14.2. The summed E-state index contributed by atoms with van der Waals surface area (Å²) in [5, 5.41) is 2.81. The van der Waals surface area contributed by atoms with Crippen LogP contribution in [0.3, 0.4) is 0 Å². The molecule has 1 amide bonds. The Balaban J connectivity index is 1.96. The Kier molecular flexibility index (Phi) is 8.26. The standard InChI is InChI=1S/C22H25NO4S/c1-4-16-9-11-17(12-10-16)19(24)13-27-22(26)18-7-5-6-8-20(18)28-14-21(25)23-15(2)3/h5-12,15H,4,13-14H2,1-3H3,(H,23,25). The maximum Gasteiger partial charge on any atom is 0.339 e. The number of hydrogen-bond donors (Lipinski definition) is 1. The van der Waals surface area contributed by atoms with Crippen LogP contribution in [0.25, 0.3) is 0 Å². The van der Waals surface area contributed by atoms with E-state index in [4.69, 9.17) is 4.74 Å². The summed E-state index contributed by atoms with van der Waals surface area (Å²) in [7, 11) is 0. The third-order valence-electron chi connectivity index (χ3n) is 3.93. The molecule has 0 aromatic heterocycles. The molecule has 0 fully saturated rings. The lowest BCUT2D eigenvalue weighted by molar-refractivity contribution is -0.119. The predicted octanol–water partition coefficient (Wildman–Crippen LogP) is 3.91. The van der Waals surface area contributed by atoms with Crippen LogP contribution < -0.4 is 5.32 Å². The second-order valence-corrected chi connectivity index (χ2v) is 7.57. The lowest BCUT2D eigenvalue weighted by Gasteiger charge is -2.11. The zero-order valence-electron chi connectivity index (χ0n) is 16.4. The highest BCUT2D eigenvalue weighted by molar-refractivity contribution is 8.00.